The van der Waals surface area contributed by atoms with Gasteiger partial charge in [-0.1, -0.05) is 42.5 Å². The van der Waals surface area contributed by atoms with Gasteiger partial charge in [0.1, 0.15) is 5.82 Å². The Morgan fingerprint density at radius 3 is 2.35 bits per heavy atom. The average molecular weight is 478 g/mol. The summed E-state index contributed by atoms with van der Waals surface area (Å²) in [6.07, 6.45) is -4.17. The molecule has 1 unspecified atom stereocenters. The quantitative estimate of drug-likeness (QED) is 0.672. The Morgan fingerprint density at radius 1 is 1.09 bits per heavy atom. The molecule has 182 valence electrons. The molecule has 2 atom stereocenters. The standard InChI is InChI=1S/C25H26F4N2O3/c1-34-24(25(27,28)29,18-7-3-2-4-8-18)22(33)31-12-10-23(11-13-31)15-21(32)30-16-20(23)17-6-5-9-19(26)14-17/h2-9,14,20H,10-13,15-16H2,1H3,(H,30,32)/t20?,24-/m0/s1. The van der Waals surface area contributed by atoms with Crippen LogP contribution in [-0.4, -0.2) is 49.6 Å². The van der Waals surface area contributed by atoms with Crippen LogP contribution in [0.2, 0.25) is 0 Å². The maximum atomic E-state index is 14.3. The van der Waals surface area contributed by atoms with E-state index in [0.717, 1.165) is 12.7 Å². The number of methoxy groups -OCH3 is 1. The number of halogens is 4. The van der Waals surface area contributed by atoms with E-state index >= 15 is 0 Å². The van der Waals surface area contributed by atoms with Gasteiger partial charge in [-0.3, -0.25) is 9.59 Å². The number of hydrogen-bond donors (Lipinski definition) is 1. The van der Waals surface area contributed by atoms with Crippen LogP contribution in [0.3, 0.4) is 0 Å². The third-order valence-electron chi connectivity index (χ3n) is 7.24. The number of piperidine rings is 2. The van der Waals surface area contributed by atoms with Crippen molar-refractivity contribution in [3.8, 4) is 0 Å². The second kappa shape index (κ2) is 9.02. The molecular weight excluding hydrogens is 452 g/mol. The molecule has 2 fully saturated rings. The van der Waals surface area contributed by atoms with Gasteiger partial charge < -0.3 is 15.0 Å². The predicted molar refractivity (Wildman–Crippen MR) is 116 cm³/mol. The highest BCUT2D eigenvalue weighted by molar-refractivity contribution is 5.88. The maximum absolute atomic E-state index is 14.3. The average Bonchev–Trinajstić information content (AvgIpc) is 2.80. The molecule has 1 spiro atoms. The molecule has 2 saturated heterocycles. The second-order valence-corrected chi connectivity index (χ2v) is 8.99. The number of benzene rings is 2. The summed E-state index contributed by atoms with van der Waals surface area (Å²) in [4.78, 5) is 26.8. The van der Waals surface area contributed by atoms with E-state index in [0.29, 0.717) is 19.4 Å². The second-order valence-electron chi connectivity index (χ2n) is 8.99. The van der Waals surface area contributed by atoms with Gasteiger partial charge in [0.05, 0.1) is 0 Å². The maximum Gasteiger partial charge on any atom is 0.430 e. The first-order chi connectivity index (χ1) is 16.1. The van der Waals surface area contributed by atoms with E-state index in [4.69, 9.17) is 4.74 Å². The lowest BCUT2D eigenvalue weighted by Crippen LogP contribution is -2.60. The minimum absolute atomic E-state index is 0.0337. The molecule has 9 heteroatoms. The van der Waals surface area contributed by atoms with Crippen LogP contribution in [0.4, 0.5) is 17.6 Å². The van der Waals surface area contributed by atoms with Crippen LogP contribution < -0.4 is 5.32 Å². The first-order valence-electron chi connectivity index (χ1n) is 11.1. The molecule has 5 nitrogen and oxygen atoms in total. The van der Waals surface area contributed by atoms with E-state index in [1.165, 1.54) is 41.3 Å². The van der Waals surface area contributed by atoms with Gasteiger partial charge in [-0.15, -0.1) is 0 Å². The number of ether oxygens (including phenoxy) is 1. The SMILES string of the molecule is CO[C@](C(=O)N1CCC2(CC1)CC(=O)NCC2c1cccc(F)c1)(c1ccccc1)C(F)(F)F. The minimum atomic E-state index is -4.98. The fourth-order valence-corrected chi connectivity index (χ4v) is 5.44. The number of likely N-dealkylation sites (tertiary alicyclic amines) is 1. The molecule has 2 aliphatic rings. The van der Waals surface area contributed by atoms with Crippen molar-refractivity contribution >= 4 is 11.8 Å². The summed E-state index contributed by atoms with van der Waals surface area (Å²) in [5.41, 5.74) is -3.26. The normalized spacial score (nSPS) is 22.2. The number of carbonyl (C=O) groups is 2. The van der Waals surface area contributed by atoms with Gasteiger partial charge in [-0.05, 0) is 36.0 Å². The van der Waals surface area contributed by atoms with Crippen LogP contribution in [0.1, 0.15) is 36.3 Å². The van der Waals surface area contributed by atoms with Crippen molar-refractivity contribution in [3.63, 3.8) is 0 Å². The lowest BCUT2D eigenvalue weighted by Gasteiger charge is -2.50. The monoisotopic (exact) mass is 478 g/mol. The van der Waals surface area contributed by atoms with Crippen molar-refractivity contribution in [2.45, 2.75) is 37.0 Å². The number of rotatable bonds is 4. The number of carbonyl (C=O) groups excluding carboxylic acids is 2. The molecule has 4 rings (SSSR count). The Balaban J connectivity index is 1.62. The highest BCUT2D eigenvalue weighted by Gasteiger charge is 2.64. The van der Waals surface area contributed by atoms with E-state index < -0.39 is 28.9 Å². The molecular formula is C25H26F4N2O3. The highest BCUT2D eigenvalue weighted by Crippen LogP contribution is 2.50. The first-order valence-corrected chi connectivity index (χ1v) is 11.1. The van der Waals surface area contributed by atoms with Gasteiger partial charge in [0, 0.05) is 44.6 Å². The molecule has 2 aromatic carbocycles. The van der Waals surface area contributed by atoms with Crippen molar-refractivity contribution in [3.05, 3.63) is 71.5 Å². The van der Waals surface area contributed by atoms with Gasteiger partial charge in [-0.2, -0.15) is 13.2 Å². The Morgan fingerprint density at radius 2 is 1.76 bits per heavy atom. The number of nitrogens with one attached hydrogen (secondary N) is 1. The largest absolute Gasteiger partial charge is 0.430 e. The molecule has 0 aromatic heterocycles. The summed E-state index contributed by atoms with van der Waals surface area (Å²) in [6, 6.07) is 13.0. The Bertz CT molecular complexity index is 1050. The van der Waals surface area contributed by atoms with Crippen LogP contribution in [0, 0.1) is 11.2 Å². The van der Waals surface area contributed by atoms with Crippen LogP contribution in [0.25, 0.3) is 0 Å². The van der Waals surface area contributed by atoms with Crippen LogP contribution in [0.15, 0.2) is 54.6 Å². The van der Waals surface area contributed by atoms with Crippen molar-refractivity contribution in [1.82, 2.24) is 10.2 Å². The topological polar surface area (TPSA) is 58.6 Å². The van der Waals surface area contributed by atoms with Gasteiger partial charge >= 0.3 is 6.18 Å². The fraction of sp³-hybridized carbons (Fsp3) is 0.440. The molecule has 2 heterocycles. The van der Waals surface area contributed by atoms with Gasteiger partial charge in [0.25, 0.3) is 11.5 Å². The van der Waals surface area contributed by atoms with E-state index in [9.17, 15) is 27.2 Å². The zero-order chi connectivity index (χ0) is 24.6. The summed E-state index contributed by atoms with van der Waals surface area (Å²) >= 11 is 0. The molecule has 0 radical (unpaired) electrons. The van der Waals surface area contributed by atoms with Crippen LogP contribution in [-0.2, 0) is 19.9 Å². The van der Waals surface area contributed by atoms with Gasteiger partial charge in [-0.25, -0.2) is 4.39 Å². The zero-order valence-electron chi connectivity index (χ0n) is 18.7. The molecule has 34 heavy (non-hydrogen) atoms. The van der Waals surface area contributed by atoms with Crippen molar-refractivity contribution in [2.24, 2.45) is 5.41 Å². The van der Waals surface area contributed by atoms with Gasteiger partial charge in [0.2, 0.25) is 5.91 Å². The third kappa shape index (κ3) is 4.06. The number of nitrogens with zero attached hydrogens (tertiary/aromatic N) is 1. The summed E-state index contributed by atoms with van der Waals surface area (Å²) in [6.45, 7) is 0.378. The van der Waals surface area contributed by atoms with Crippen molar-refractivity contribution in [2.75, 3.05) is 26.7 Å². The van der Waals surface area contributed by atoms with E-state index in [2.05, 4.69) is 5.32 Å². The predicted octanol–water partition coefficient (Wildman–Crippen LogP) is 4.14. The Kier molecular flexibility index (Phi) is 6.42. The zero-order valence-corrected chi connectivity index (χ0v) is 18.7. The third-order valence-corrected chi connectivity index (χ3v) is 7.24. The smallest absolute Gasteiger partial charge is 0.356 e. The Hall–Kier alpha value is -2.94. The van der Waals surface area contributed by atoms with E-state index in [1.807, 2.05) is 0 Å². The lowest BCUT2D eigenvalue weighted by molar-refractivity contribution is -0.271. The Labute approximate surface area is 195 Å². The molecule has 2 amide bonds. The number of amides is 2. The van der Waals surface area contributed by atoms with Crippen molar-refractivity contribution in [1.29, 1.82) is 0 Å². The van der Waals surface area contributed by atoms with Crippen LogP contribution in [0.5, 0.6) is 0 Å². The van der Waals surface area contributed by atoms with E-state index in [-0.39, 0.29) is 36.9 Å². The number of alkyl halides is 3. The van der Waals surface area contributed by atoms with Crippen LogP contribution >= 0.6 is 0 Å². The molecule has 0 aliphatic carbocycles. The fourth-order valence-electron chi connectivity index (χ4n) is 5.44. The molecule has 0 bridgehead atoms. The van der Waals surface area contributed by atoms with Gasteiger partial charge in [0.15, 0.2) is 0 Å². The molecule has 2 aromatic rings. The molecule has 1 N–H and O–H groups in total. The lowest BCUT2D eigenvalue weighted by atomic mass is 9.62. The summed E-state index contributed by atoms with van der Waals surface area (Å²) in [5, 5.41) is 2.82. The van der Waals surface area contributed by atoms with Crippen molar-refractivity contribution < 1.29 is 31.9 Å². The van der Waals surface area contributed by atoms with E-state index in [1.54, 1.807) is 18.2 Å². The number of hydrogen-bond acceptors (Lipinski definition) is 3. The minimum Gasteiger partial charge on any atom is -0.356 e. The summed E-state index contributed by atoms with van der Waals surface area (Å²) in [5.74, 6) is -1.93. The summed E-state index contributed by atoms with van der Waals surface area (Å²) < 4.78 is 61.8. The summed E-state index contributed by atoms with van der Waals surface area (Å²) in [7, 11) is 0.884. The first kappa shape index (κ1) is 24.2. The highest BCUT2D eigenvalue weighted by atomic mass is 19.4. The molecule has 0 saturated carbocycles. The molecule has 2 aliphatic heterocycles.